The van der Waals surface area contributed by atoms with Gasteiger partial charge in [-0.3, -0.25) is 9.69 Å². The Morgan fingerprint density at radius 2 is 2.00 bits per heavy atom. The Morgan fingerprint density at radius 1 is 1.21 bits per heavy atom. The van der Waals surface area contributed by atoms with E-state index in [1.54, 1.807) is 0 Å². The van der Waals surface area contributed by atoms with E-state index in [4.69, 9.17) is 4.98 Å². The fourth-order valence-electron chi connectivity index (χ4n) is 6.73. The van der Waals surface area contributed by atoms with Gasteiger partial charge in [-0.15, -0.1) is 0 Å². The first-order valence-electron chi connectivity index (χ1n) is 10.9. The minimum absolute atomic E-state index is 0.260. The molecule has 0 bridgehead atoms. The molecular weight excluding hydrogens is 348 g/mol. The molecule has 1 amide bonds. The first-order chi connectivity index (χ1) is 13.7. The van der Waals surface area contributed by atoms with Gasteiger partial charge in [-0.2, -0.15) is 0 Å². The van der Waals surface area contributed by atoms with E-state index in [2.05, 4.69) is 51.8 Å². The van der Waals surface area contributed by atoms with Gasteiger partial charge in [0.25, 0.3) is 0 Å². The SMILES string of the molecule is CCn1ccnc1[C@@H]1C[C@H]2CN(C3Cc4ccccc4C3)C(=O)[C@]23CCCN13. The Morgan fingerprint density at radius 3 is 2.75 bits per heavy atom. The molecule has 1 spiro atoms. The van der Waals surface area contributed by atoms with Crippen LogP contribution in [0.4, 0.5) is 0 Å². The molecule has 6 rings (SSSR count). The van der Waals surface area contributed by atoms with Crippen LogP contribution in [-0.2, 0) is 24.2 Å². The molecule has 3 fully saturated rings. The number of rotatable bonds is 3. The second kappa shape index (κ2) is 5.93. The zero-order valence-corrected chi connectivity index (χ0v) is 16.6. The molecule has 1 aromatic carbocycles. The normalized spacial score (nSPS) is 32.2. The zero-order chi connectivity index (χ0) is 18.9. The van der Waals surface area contributed by atoms with Crippen molar-refractivity contribution in [3.05, 3.63) is 53.6 Å². The first kappa shape index (κ1) is 16.8. The highest BCUT2D eigenvalue weighted by molar-refractivity contribution is 5.90. The fraction of sp³-hybridized carbons (Fsp3) is 0.565. The van der Waals surface area contributed by atoms with Gasteiger partial charge in [0.15, 0.2) is 0 Å². The summed E-state index contributed by atoms with van der Waals surface area (Å²) < 4.78 is 2.26. The molecule has 146 valence electrons. The Hall–Kier alpha value is -2.14. The number of fused-ring (bicyclic) bond motifs is 1. The van der Waals surface area contributed by atoms with Crippen LogP contribution in [0.25, 0.3) is 0 Å². The van der Waals surface area contributed by atoms with Crippen molar-refractivity contribution in [3.63, 3.8) is 0 Å². The van der Waals surface area contributed by atoms with E-state index in [1.165, 1.54) is 11.1 Å². The van der Waals surface area contributed by atoms with E-state index in [-0.39, 0.29) is 5.54 Å². The number of benzene rings is 1. The Kier molecular flexibility index (Phi) is 3.55. The molecule has 5 heteroatoms. The number of carbonyl (C=O) groups excluding carboxylic acids is 1. The van der Waals surface area contributed by atoms with E-state index in [9.17, 15) is 4.79 Å². The van der Waals surface area contributed by atoms with E-state index >= 15 is 0 Å². The van der Waals surface area contributed by atoms with Crippen LogP contribution in [0, 0.1) is 5.92 Å². The van der Waals surface area contributed by atoms with E-state index < -0.39 is 0 Å². The lowest BCUT2D eigenvalue weighted by molar-refractivity contribution is -0.138. The maximum Gasteiger partial charge on any atom is 0.243 e. The summed E-state index contributed by atoms with van der Waals surface area (Å²) >= 11 is 0. The number of amides is 1. The average Bonchev–Trinajstić information content (AvgIpc) is 3.49. The number of imidazole rings is 1. The van der Waals surface area contributed by atoms with Gasteiger partial charge in [0, 0.05) is 44.0 Å². The smallest absolute Gasteiger partial charge is 0.243 e. The highest BCUT2D eigenvalue weighted by Crippen LogP contribution is 2.56. The zero-order valence-electron chi connectivity index (χ0n) is 16.6. The molecule has 3 aliphatic heterocycles. The van der Waals surface area contributed by atoms with Gasteiger partial charge in [-0.05, 0) is 50.2 Å². The molecule has 1 aliphatic carbocycles. The predicted octanol–water partition coefficient (Wildman–Crippen LogP) is 2.81. The first-order valence-corrected chi connectivity index (χ1v) is 10.9. The van der Waals surface area contributed by atoms with Crippen molar-refractivity contribution in [1.82, 2.24) is 19.4 Å². The maximum atomic E-state index is 13.9. The Labute approximate surface area is 166 Å². The van der Waals surface area contributed by atoms with Crippen LogP contribution in [0.15, 0.2) is 36.7 Å². The van der Waals surface area contributed by atoms with Crippen LogP contribution in [0.1, 0.15) is 49.2 Å². The highest BCUT2D eigenvalue weighted by atomic mass is 16.2. The van der Waals surface area contributed by atoms with E-state index in [0.29, 0.717) is 23.9 Å². The van der Waals surface area contributed by atoms with Gasteiger partial charge in [0.05, 0.1) is 6.04 Å². The number of carbonyl (C=O) groups is 1. The average molecular weight is 377 g/mol. The minimum Gasteiger partial charge on any atom is -0.337 e. The van der Waals surface area contributed by atoms with Crippen LogP contribution < -0.4 is 0 Å². The Balaban J connectivity index is 1.30. The van der Waals surface area contributed by atoms with Crippen LogP contribution in [0.5, 0.6) is 0 Å². The van der Waals surface area contributed by atoms with Gasteiger partial charge in [0.1, 0.15) is 11.4 Å². The summed E-state index contributed by atoms with van der Waals surface area (Å²) in [6.07, 6.45) is 9.26. The molecule has 28 heavy (non-hydrogen) atoms. The molecule has 2 aromatic rings. The van der Waals surface area contributed by atoms with Crippen molar-refractivity contribution in [3.8, 4) is 0 Å². The summed E-state index contributed by atoms with van der Waals surface area (Å²) in [6.45, 7) is 5.07. The van der Waals surface area contributed by atoms with Crippen molar-refractivity contribution in [1.29, 1.82) is 0 Å². The summed E-state index contributed by atoms with van der Waals surface area (Å²) in [4.78, 5) is 23.3. The number of likely N-dealkylation sites (tertiary alicyclic amines) is 1. The third-order valence-corrected chi connectivity index (χ3v) is 7.93. The molecule has 1 aromatic heterocycles. The lowest BCUT2D eigenvalue weighted by atomic mass is 9.85. The highest BCUT2D eigenvalue weighted by Gasteiger charge is 2.66. The summed E-state index contributed by atoms with van der Waals surface area (Å²) in [6, 6.07) is 9.37. The van der Waals surface area contributed by atoms with Crippen LogP contribution in [0.3, 0.4) is 0 Å². The van der Waals surface area contributed by atoms with Crippen LogP contribution >= 0.6 is 0 Å². The molecule has 3 atom stereocenters. The largest absolute Gasteiger partial charge is 0.337 e. The van der Waals surface area contributed by atoms with Crippen LogP contribution in [-0.4, -0.2) is 49.9 Å². The van der Waals surface area contributed by atoms with Gasteiger partial charge >= 0.3 is 0 Å². The van der Waals surface area contributed by atoms with E-state index in [0.717, 1.165) is 57.6 Å². The molecule has 0 unspecified atom stereocenters. The van der Waals surface area contributed by atoms with Crippen molar-refractivity contribution < 1.29 is 4.79 Å². The van der Waals surface area contributed by atoms with Gasteiger partial charge in [-0.25, -0.2) is 4.98 Å². The van der Waals surface area contributed by atoms with Gasteiger partial charge in [-0.1, -0.05) is 24.3 Å². The quantitative estimate of drug-likeness (QED) is 0.827. The molecule has 0 radical (unpaired) electrons. The molecule has 0 saturated carbocycles. The Bertz CT molecular complexity index is 911. The van der Waals surface area contributed by atoms with Crippen LogP contribution in [0.2, 0.25) is 0 Å². The second-order valence-corrected chi connectivity index (χ2v) is 9.03. The molecule has 4 aliphatic rings. The molecule has 0 N–H and O–H groups in total. The maximum absolute atomic E-state index is 13.9. The third kappa shape index (κ3) is 2.06. The topological polar surface area (TPSA) is 41.4 Å². The number of nitrogens with zero attached hydrogens (tertiary/aromatic N) is 4. The fourth-order valence-corrected chi connectivity index (χ4v) is 6.73. The number of hydrogen-bond acceptors (Lipinski definition) is 3. The number of aromatic nitrogens is 2. The molecule has 5 nitrogen and oxygen atoms in total. The van der Waals surface area contributed by atoms with Crippen molar-refractivity contribution in [2.75, 3.05) is 13.1 Å². The van der Waals surface area contributed by atoms with E-state index in [1.807, 2.05) is 6.20 Å². The number of aryl methyl sites for hydroxylation is 1. The lowest BCUT2D eigenvalue weighted by Gasteiger charge is -2.34. The second-order valence-electron chi connectivity index (χ2n) is 9.03. The minimum atomic E-state index is -0.260. The summed E-state index contributed by atoms with van der Waals surface area (Å²) in [7, 11) is 0. The van der Waals surface area contributed by atoms with Gasteiger partial charge in [0.2, 0.25) is 5.91 Å². The summed E-state index contributed by atoms with van der Waals surface area (Å²) in [5.74, 6) is 2.01. The van der Waals surface area contributed by atoms with Crippen molar-refractivity contribution >= 4 is 5.91 Å². The monoisotopic (exact) mass is 376 g/mol. The summed E-state index contributed by atoms with van der Waals surface area (Å²) in [5, 5.41) is 0. The van der Waals surface area contributed by atoms with Crippen molar-refractivity contribution in [2.24, 2.45) is 5.92 Å². The molecular formula is C23H28N4O. The van der Waals surface area contributed by atoms with Gasteiger partial charge < -0.3 is 9.47 Å². The number of hydrogen-bond donors (Lipinski definition) is 0. The molecule has 4 heterocycles. The standard InChI is InChI=1S/C23H28N4O/c1-2-25-11-9-24-21(25)20-14-18-15-26(22(28)23(18)8-5-10-27(20)23)19-12-16-6-3-4-7-17(16)13-19/h3-4,6-7,9,11,18-20H,2,5,8,10,12-15H2,1H3/t18-,20-,23-/m0/s1. The summed E-state index contributed by atoms with van der Waals surface area (Å²) in [5.41, 5.74) is 2.60. The molecule has 3 saturated heterocycles. The van der Waals surface area contributed by atoms with Crippen molar-refractivity contribution in [2.45, 2.75) is 63.2 Å². The predicted molar refractivity (Wildman–Crippen MR) is 107 cm³/mol. The third-order valence-electron chi connectivity index (χ3n) is 7.93. The lowest BCUT2D eigenvalue weighted by Crippen LogP contribution is -2.51.